The molecule has 3 atom stereocenters. The highest BCUT2D eigenvalue weighted by Crippen LogP contribution is 2.42. The van der Waals surface area contributed by atoms with Crippen molar-refractivity contribution in [2.45, 2.75) is 62.0 Å². The molecular weight excluding hydrogens is 498 g/mol. The minimum absolute atomic E-state index is 0.0252. The number of halogens is 3. The first-order valence-corrected chi connectivity index (χ1v) is 13.9. The molecule has 188 valence electrons. The van der Waals surface area contributed by atoms with Gasteiger partial charge in [0, 0.05) is 17.9 Å². The molecule has 2 aromatic rings. The Hall–Kier alpha value is -2.52. The van der Waals surface area contributed by atoms with Crippen molar-refractivity contribution in [3.63, 3.8) is 0 Å². The molecule has 1 saturated carbocycles. The van der Waals surface area contributed by atoms with Crippen molar-refractivity contribution in [3.8, 4) is 0 Å². The van der Waals surface area contributed by atoms with Crippen LogP contribution < -0.4 is 5.32 Å². The minimum Gasteiger partial charge on any atom is -0.347 e. The molecule has 2 aromatic carbocycles. The van der Waals surface area contributed by atoms with Crippen LogP contribution in [-0.4, -0.2) is 43.5 Å². The Kier molecular flexibility index (Phi) is 7.20. The van der Waals surface area contributed by atoms with Gasteiger partial charge in [-0.1, -0.05) is 24.6 Å². The number of nitrogens with one attached hydrogen (secondary N) is 1. The molecule has 1 aliphatic carbocycles. The van der Waals surface area contributed by atoms with Gasteiger partial charge in [-0.2, -0.15) is 0 Å². The van der Waals surface area contributed by atoms with E-state index in [9.17, 15) is 26.8 Å². The molecule has 2 amide bonds. The lowest BCUT2D eigenvalue weighted by molar-refractivity contribution is -0.126. The fourth-order valence-corrected chi connectivity index (χ4v) is 5.54. The normalized spacial score (nSPS) is 21.1. The molecule has 0 aromatic heterocycles. The zero-order valence-corrected chi connectivity index (χ0v) is 21.0. The third kappa shape index (κ3) is 5.35. The van der Waals surface area contributed by atoms with Crippen LogP contribution in [0.4, 0.5) is 8.78 Å². The van der Waals surface area contributed by atoms with Gasteiger partial charge in [0.25, 0.3) is 5.91 Å². The number of benzene rings is 2. The summed E-state index contributed by atoms with van der Waals surface area (Å²) < 4.78 is 52.2. The van der Waals surface area contributed by atoms with Crippen molar-refractivity contribution in [2.75, 3.05) is 6.26 Å². The Morgan fingerprint density at radius 1 is 1.11 bits per heavy atom. The van der Waals surface area contributed by atoms with Crippen LogP contribution in [0.5, 0.6) is 0 Å². The van der Waals surface area contributed by atoms with Crippen LogP contribution in [0, 0.1) is 17.6 Å². The van der Waals surface area contributed by atoms with Crippen LogP contribution in [0.25, 0.3) is 0 Å². The first-order valence-electron chi connectivity index (χ1n) is 11.6. The fraction of sp³-hybridized carbons (Fsp3) is 0.440. The van der Waals surface area contributed by atoms with E-state index < -0.39 is 50.4 Å². The van der Waals surface area contributed by atoms with Crippen LogP contribution in [0.3, 0.4) is 0 Å². The van der Waals surface area contributed by atoms with E-state index in [1.165, 1.54) is 29.2 Å². The van der Waals surface area contributed by atoms with Gasteiger partial charge in [-0.25, -0.2) is 17.2 Å². The highest BCUT2D eigenvalue weighted by atomic mass is 35.5. The van der Waals surface area contributed by atoms with Gasteiger partial charge >= 0.3 is 0 Å². The summed E-state index contributed by atoms with van der Waals surface area (Å²) in [6.07, 6.45) is 4.35. The summed E-state index contributed by atoms with van der Waals surface area (Å²) in [6.45, 7) is 1.92. The van der Waals surface area contributed by atoms with Crippen LogP contribution >= 0.6 is 11.6 Å². The Bertz CT molecular complexity index is 1240. The van der Waals surface area contributed by atoms with Gasteiger partial charge < -0.3 is 10.2 Å². The number of nitrogens with zero attached hydrogens (tertiary/aromatic N) is 1. The molecule has 0 spiro atoms. The quantitative estimate of drug-likeness (QED) is 0.533. The summed E-state index contributed by atoms with van der Waals surface area (Å²) in [5.41, 5.74) is 0.482. The number of sulfone groups is 1. The third-order valence-corrected chi connectivity index (χ3v) is 8.25. The van der Waals surface area contributed by atoms with Crippen molar-refractivity contribution < 1.29 is 26.8 Å². The van der Waals surface area contributed by atoms with Gasteiger partial charge in [0.2, 0.25) is 5.91 Å². The molecule has 2 aliphatic rings. The zero-order valence-electron chi connectivity index (χ0n) is 19.4. The second-order valence-electron chi connectivity index (χ2n) is 9.29. The monoisotopic (exact) mass is 524 g/mol. The Morgan fingerprint density at radius 2 is 1.77 bits per heavy atom. The Morgan fingerprint density at radius 3 is 2.34 bits per heavy atom. The number of hydrogen-bond donors (Lipinski definition) is 1. The number of carbonyl (C=O) groups is 2. The van der Waals surface area contributed by atoms with E-state index >= 15 is 0 Å². The van der Waals surface area contributed by atoms with Crippen LogP contribution in [-0.2, 0) is 14.6 Å². The molecule has 1 aliphatic heterocycles. The molecule has 0 radical (unpaired) electrons. The van der Waals surface area contributed by atoms with Crippen molar-refractivity contribution in [1.82, 2.24) is 10.2 Å². The predicted octanol–water partition coefficient (Wildman–Crippen LogP) is 4.67. The first-order chi connectivity index (χ1) is 16.5. The Labute approximate surface area is 208 Å². The summed E-state index contributed by atoms with van der Waals surface area (Å²) in [5, 5.41) is 2.33. The molecule has 2 fully saturated rings. The molecule has 35 heavy (non-hydrogen) atoms. The second-order valence-corrected chi connectivity index (χ2v) is 11.7. The molecule has 1 heterocycles. The van der Waals surface area contributed by atoms with E-state index in [1.54, 1.807) is 0 Å². The number of carbonyl (C=O) groups excluding carboxylic acids is 2. The number of amides is 2. The number of likely N-dealkylation sites (tertiary alicyclic amines) is 1. The smallest absolute Gasteiger partial charge is 0.254 e. The lowest BCUT2D eigenvalue weighted by Gasteiger charge is -2.31. The predicted molar refractivity (Wildman–Crippen MR) is 128 cm³/mol. The molecule has 0 bridgehead atoms. The van der Waals surface area contributed by atoms with Crippen LogP contribution in [0.1, 0.15) is 61.0 Å². The lowest BCUT2D eigenvalue weighted by Crippen LogP contribution is -2.49. The van der Waals surface area contributed by atoms with Gasteiger partial charge in [0.05, 0.1) is 10.9 Å². The van der Waals surface area contributed by atoms with Gasteiger partial charge in [-0.05, 0) is 73.9 Å². The van der Waals surface area contributed by atoms with E-state index in [1.807, 2.05) is 6.92 Å². The van der Waals surface area contributed by atoms with E-state index in [-0.39, 0.29) is 22.4 Å². The van der Waals surface area contributed by atoms with E-state index in [0.29, 0.717) is 24.8 Å². The molecule has 4 rings (SSSR count). The third-order valence-electron chi connectivity index (χ3n) is 6.78. The second kappa shape index (κ2) is 9.85. The molecule has 1 unspecified atom stereocenters. The van der Waals surface area contributed by atoms with Gasteiger partial charge in [-0.15, -0.1) is 0 Å². The highest BCUT2D eigenvalue weighted by Gasteiger charge is 2.43. The van der Waals surface area contributed by atoms with E-state index in [4.69, 9.17) is 11.6 Å². The lowest BCUT2D eigenvalue weighted by atomic mass is 10.0. The number of hydrogen-bond acceptors (Lipinski definition) is 4. The SMILES string of the molecule is CC[C@@H]1CC[C@H](C(=O)NC(c2cc(F)c(Cl)c(F)c2)C2CC2)N1C(=O)c1cccc(S(C)(=O)=O)c1. The average molecular weight is 525 g/mol. The molecular formula is C25H27ClF2N2O4S. The average Bonchev–Trinajstić information content (AvgIpc) is 3.57. The van der Waals surface area contributed by atoms with Crippen molar-refractivity contribution >= 4 is 33.3 Å². The summed E-state index contributed by atoms with van der Waals surface area (Å²) in [4.78, 5) is 28.4. The largest absolute Gasteiger partial charge is 0.347 e. The van der Waals surface area contributed by atoms with Crippen molar-refractivity contribution in [2.24, 2.45) is 5.92 Å². The van der Waals surface area contributed by atoms with Crippen molar-refractivity contribution in [3.05, 3.63) is 64.2 Å². The summed E-state index contributed by atoms with van der Waals surface area (Å²) >= 11 is 5.62. The zero-order chi connectivity index (χ0) is 25.5. The fourth-order valence-electron chi connectivity index (χ4n) is 4.76. The summed E-state index contributed by atoms with van der Waals surface area (Å²) in [7, 11) is -3.51. The highest BCUT2D eigenvalue weighted by molar-refractivity contribution is 7.90. The van der Waals surface area contributed by atoms with E-state index in [2.05, 4.69) is 5.32 Å². The molecule has 10 heteroatoms. The first kappa shape index (κ1) is 25.6. The maximum Gasteiger partial charge on any atom is 0.254 e. The summed E-state index contributed by atoms with van der Waals surface area (Å²) in [6, 6.07) is 6.48. The van der Waals surface area contributed by atoms with Crippen molar-refractivity contribution in [1.29, 1.82) is 0 Å². The topological polar surface area (TPSA) is 83.6 Å². The molecule has 1 saturated heterocycles. The van der Waals surface area contributed by atoms with Gasteiger partial charge in [0.1, 0.15) is 22.7 Å². The van der Waals surface area contributed by atoms with Gasteiger partial charge in [-0.3, -0.25) is 9.59 Å². The molecule has 1 N–H and O–H groups in total. The minimum atomic E-state index is -3.51. The Balaban J connectivity index is 1.60. The maximum absolute atomic E-state index is 14.1. The van der Waals surface area contributed by atoms with Crippen LogP contribution in [0.2, 0.25) is 5.02 Å². The maximum atomic E-state index is 14.1. The summed E-state index contributed by atoms with van der Waals surface area (Å²) in [5.74, 6) is -2.57. The van der Waals surface area contributed by atoms with Crippen LogP contribution in [0.15, 0.2) is 41.3 Å². The number of rotatable bonds is 7. The standard InChI is InChI=1S/C25H27ClF2N2O4S/c1-3-17-9-10-21(30(17)25(32)15-5-4-6-18(11-15)35(2,33)34)24(31)29-23(14-7-8-14)16-12-19(27)22(26)20(28)13-16/h4-6,11-14,17,21,23H,3,7-10H2,1-2H3,(H,29,31)/t17-,21-,23?/m1/s1. The van der Waals surface area contributed by atoms with Gasteiger partial charge in [0.15, 0.2) is 9.84 Å². The van der Waals surface area contributed by atoms with E-state index in [0.717, 1.165) is 31.2 Å². The molecule has 6 nitrogen and oxygen atoms in total.